The quantitative estimate of drug-likeness (QED) is 0.196. The molecule has 7 nitrogen and oxygen atoms in total. The van der Waals surface area contributed by atoms with Crippen molar-refractivity contribution in [3.63, 3.8) is 0 Å². The Kier molecular flexibility index (Phi) is 11.6. The molecule has 1 rings (SSSR count). The number of hydrogen-bond donors (Lipinski definition) is 3. The summed E-state index contributed by atoms with van der Waals surface area (Å²) in [4.78, 5) is 7.75. The van der Waals surface area contributed by atoms with Crippen LogP contribution in [-0.2, 0) is 22.6 Å². The van der Waals surface area contributed by atoms with Gasteiger partial charge in [-0.2, -0.15) is 13.2 Å². The zero-order valence-corrected chi connectivity index (χ0v) is 18.4. The molecule has 152 valence electrons. The second kappa shape index (κ2) is 11.9. The Balaban J connectivity index is 0.00000625. The van der Waals surface area contributed by atoms with Gasteiger partial charge in [-0.15, -0.1) is 35.3 Å². The van der Waals surface area contributed by atoms with E-state index in [0.29, 0.717) is 30.5 Å². The third kappa shape index (κ3) is 9.87. The number of halogens is 4. The summed E-state index contributed by atoms with van der Waals surface area (Å²) in [7, 11) is -3.25. The highest BCUT2D eigenvalue weighted by Crippen LogP contribution is 2.29. The first-order valence-electron chi connectivity index (χ1n) is 7.69. The van der Waals surface area contributed by atoms with Crippen LogP contribution in [0.5, 0.6) is 0 Å². The zero-order valence-electron chi connectivity index (χ0n) is 14.4. The Hall–Kier alpha value is -0.670. The van der Waals surface area contributed by atoms with Crippen LogP contribution in [0.3, 0.4) is 0 Å². The fourth-order valence-corrected chi connectivity index (χ4v) is 3.07. The van der Waals surface area contributed by atoms with Crippen molar-refractivity contribution in [3.05, 3.63) is 16.1 Å². The number of rotatable bonds is 9. The summed E-state index contributed by atoms with van der Waals surface area (Å²) < 4.78 is 62.4. The molecule has 0 unspecified atom stereocenters. The summed E-state index contributed by atoms with van der Waals surface area (Å²) in [6.45, 7) is 4.78. The zero-order chi connectivity index (χ0) is 18.9. The Morgan fingerprint density at radius 3 is 2.50 bits per heavy atom. The summed E-state index contributed by atoms with van der Waals surface area (Å²) in [6.07, 6.45) is -4.10. The highest BCUT2D eigenvalue weighted by Gasteiger charge is 2.33. The lowest BCUT2D eigenvalue weighted by Gasteiger charge is -2.10. The van der Waals surface area contributed by atoms with E-state index in [1.807, 2.05) is 6.92 Å². The van der Waals surface area contributed by atoms with E-state index >= 15 is 0 Å². The molecule has 0 fully saturated rings. The number of guanidine groups is 1. The molecule has 0 bridgehead atoms. The highest BCUT2D eigenvalue weighted by atomic mass is 127. The second-order valence-electron chi connectivity index (χ2n) is 4.86. The number of sulfonamides is 1. The van der Waals surface area contributed by atoms with Gasteiger partial charge in [0.1, 0.15) is 0 Å². The van der Waals surface area contributed by atoms with E-state index in [0.717, 1.165) is 16.7 Å². The van der Waals surface area contributed by atoms with Crippen LogP contribution in [0.2, 0.25) is 0 Å². The topological polar surface area (TPSA) is 95.5 Å². The van der Waals surface area contributed by atoms with E-state index in [2.05, 4.69) is 25.3 Å². The molecule has 0 atom stereocenters. The first-order chi connectivity index (χ1) is 11.7. The number of aromatic nitrogens is 1. The third-order valence-electron chi connectivity index (χ3n) is 2.90. The van der Waals surface area contributed by atoms with Crippen molar-refractivity contribution in [3.8, 4) is 0 Å². The monoisotopic (exact) mass is 529 g/mol. The van der Waals surface area contributed by atoms with Crippen LogP contribution in [0.15, 0.2) is 10.4 Å². The van der Waals surface area contributed by atoms with Gasteiger partial charge in [0.15, 0.2) is 11.7 Å². The molecule has 0 saturated heterocycles. The molecule has 1 aromatic rings. The molecule has 0 aliphatic carbocycles. The van der Waals surface area contributed by atoms with E-state index in [4.69, 9.17) is 0 Å². The lowest BCUT2D eigenvalue weighted by molar-refractivity contribution is -0.140. The van der Waals surface area contributed by atoms with E-state index < -0.39 is 21.9 Å². The molecule has 0 aromatic carbocycles. The molecular formula is C13H23F3IN5O2S2. The standard InChI is InChI=1S/C13H22F3N5O2S2.HI/c1-3-17-12(19-7-8-20-25(22,23)4-2)18-6-5-11-21-10(9-24-11)13(14,15)16;/h9,20H,3-8H2,1-2H3,(H2,17,18,19);1H. The first-order valence-corrected chi connectivity index (χ1v) is 10.2. The predicted octanol–water partition coefficient (Wildman–Crippen LogP) is 1.82. The molecule has 0 aliphatic heterocycles. The molecule has 3 N–H and O–H groups in total. The molecule has 1 aromatic heterocycles. The number of nitrogens with one attached hydrogen (secondary N) is 3. The van der Waals surface area contributed by atoms with Crippen molar-refractivity contribution in [2.75, 3.05) is 31.9 Å². The average Bonchev–Trinajstić information content (AvgIpc) is 3.00. The molecule has 13 heteroatoms. The van der Waals surface area contributed by atoms with Gasteiger partial charge in [0.2, 0.25) is 10.0 Å². The number of aliphatic imine (C=N–C) groups is 1. The molecule has 0 amide bonds. The molecule has 0 saturated carbocycles. The maximum atomic E-state index is 12.5. The molecule has 0 aliphatic rings. The van der Waals surface area contributed by atoms with Crippen molar-refractivity contribution in [2.45, 2.75) is 26.4 Å². The van der Waals surface area contributed by atoms with Crippen LogP contribution in [-0.4, -0.2) is 51.3 Å². The fraction of sp³-hybridized carbons (Fsp3) is 0.692. The largest absolute Gasteiger partial charge is 0.434 e. The first kappa shape index (κ1) is 25.3. The van der Waals surface area contributed by atoms with Gasteiger partial charge in [0, 0.05) is 31.4 Å². The second-order valence-corrected chi connectivity index (χ2v) is 7.90. The summed E-state index contributed by atoms with van der Waals surface area (Å²) in [5, 5.41) is 7.33. The minimum absolute atomic E-state index is 0. The van der Waals surface area contributed by atoms with Crippen LogP contribution in [0.4, 0.5) is 13.2 Å². The van der Waals surface area contributed by atoms with Crippen LogP contribution in [0.1, 0.15) is 24.5 Å². The number of alkyl halides is 3. The maximum absolute atomic E-state index is 12.5. The van der Waals surface area contributed by atoms with Crippen LogP contribution in [0, 0.1) is 0 Å². The molecular weight excluding hydrogens is 506 g/mol. The lowest BCUT2D eigenvalue weighted by Crippen LogP contribution is -2.39. The van der Waals surface area contributed by atoms with Gasteiger partial charge >= 0.3 is 6.18 Å². The van der Waals surface area contributed by atoms with Crippen molar-refractivity contribution in [1.82, 2.24) is 20.3 Å². The summed E-state index contributed by atoms with van der Waals surface area (Å²) in [6, 6.07) is 0. The molecule has 0 spiro atoms. The highest BCUT2D eigenvalue weighted by molar-refractivity contribution is 14.0. The molecule has 0 radical (unpaired) electrons. The van der Waals surface area contributed by atoms with Gasteiger partial charge < -0.3 is 10.6 Å². The molecule has 1 heterocycles. The SMILES string of the molecule is CCNC(=NCCNS(=O)(=O)CC)NCCc1nc(C(F)(F)F)cs1.I. The van der Waals surface area contributed by atoms with Crippen molar-refractivity contribution >= 4 is 51.3 Å². The normalized spacial score (nSPS) is 12.6. The van der Waals surface area contributed by atoms with E-state index in [1.165, 1.54) is 0 Å². The van der Waals surface area contributed by atoms with Gasteiger partial charge in [-0.1, -0.05) is 0 Å². The summed E-state index contributed by atoms with van der Waals surface area (Å²) in [5.41, 5.74) is -0.878. The average molecular weight is 529 g/mol. The van der Waals surface area contributed by atoms with Crippen LogP contribution in [0.25, 0.3) is 0 Å². The Labute approximate surface area is 172 Å². The van der Waals surface area contributed by atoms with Crippen molar-refractivity contribution < 1.29 is 21.6 Å². The van der Waals surface area contributed by atoms with Crippen LogP contribution >= 0.6 is 35.3 Å². The number of nitrogens with zero attached hydrogens (tertiary/aromatic N) is 2. The van der Waals surface area contributed by atoms with E-state index in [-0.39, 0.29) is 42.8 Å². The van der Waals surface area contributed by atoms with Crippen molar-refractivity contribution in [2.24, 2.45) is 4.99 Å². The fourth-order valence-electron chi connectivity index (χ4n) is 1.66. The lowest BCUT2D eigenvalue weighted by atomic mass is 10.4. The Morgan fingerprint density at radius 2 is 1.96 bits per heavy atom. The number of hydrogen-bond acceptors (Lipinski definition) is 5. The minimum Gasteiger partial charge on any atom is -0.357 e. The van der Waals surface area contributed by atoms with Gasteiger partial charge in [-0.25, -0.2) is 18.1 Å². The smallest absolute Gasteiger partial charge is 0.357 e. The summed E-state index contributed by atoms with van der Waals surface area (Å²) >= 11 is 0.960. The van der Waals surface area contributed by atoms with Gasteiger partial charge in [0.05, 0.1) is 17.3 Å². The maximum Gasteiger partial charge on any atom is 0.434 e. The van der Waals surface area contributed by atoms with Gasteiger partial charge in [0.25, 0.3) is 0 Å². The predicted molar refractivity (Wildman–Crippen MR) is 108 cm³/mol. The third-order valence-corrected chi connectivity index (χ3v) is 5.21. The van der Waals surface area contributed by atoms with E-state index in [9.17, 15) is 21.6 Å². The minimum atomic E-state index is -4.43. The summed E-state index contributed by atoms with van der Waals surface area (Å²) in [5.74, 6) is 0.466. The Bertz CT molecular complexity index is 665. The van der Waals surface area contributed by atoms with E-state index in [1.54, 1.807) is 6.92 Å². The van der Waals surface area contributed by atoms with Crippen molar-refractivity contribution in [1.29, 1.82) is 0 Å². The Morgan fingerprint density at radius 1 is 1.27 bits per heavy atom. The van der Waals surface area contributed by atoms with Gasteiger partial charge in [-0.05, 0) is 13.8 Å². The van der Waals surface area contributed by atoms with Crippen LogP contribution < -0.4 is 15.4 Å². The molecule has 26 heavy (non-hydrogen) atoms. The number of thiazole rings is 1. The van der Waals surface area contributed by atoms with Gasteiger partial charge in [-0.3, -0.25) is 4.99 Å².